The molecular weight excluding hydrogens is 920 g/mol. The average molecular weight is 979 g/mol. The van der Waals surface area contributed by atoms with Crippen LogP contribution in [0.5, 0.6) is 23.0 Å². The van der Waals surface area contributed by atoms with E-state index in [0.29, 0.717) is 0 Å². The van der Waals surface area contributed by atoms with Crippen LogP contribution in [0.3, 0.4) is 0 Å². The van der Waals surface area contributed by atoms with E-state index in [2.05, 4.69) is 87.5 Å². The van der Waals surface area contributed by atoms with E-state index in [1.807, 2.05) is 54.7 Å². The summed E-state index contributed by atoms with van der Waals surface area (Å²) in [5.74, 6) is 3.77. The fourth-order valence-corrected chi connectivity index (χ4v) is 7.03. The predicted molar refractivity (Wildman–Crippen MR) is 234 cm³/mol. The number of aromatic nitrogens is 2. The van der Waals surface area contributed by atoms with Crippen LogP contribution in [0.2, 0.25) is 0 Å². The number of hydrogen-bond acceptors (Lipinski definition) is 10. The Labute approximate surface area is 392 Å². The number of nitrogens with zero attached hydrogens (tertiary/aromatic N) is 5. The van der Waals surface area contributed by atoms with Gasteiger partial charge in [-0.2, -0.15) is 5.10 Å². The van der Waals surface area contributed by atoms with Crippen molar-refractivity contribution in [2.24, 2.45) is 4.99 Å². The van der Waals surface area contributed by atoms with E-state index in [0.717, 1.165) is 131 Å². The number of rotatable bonds is 13. The smallest absolute Gasteiger partial charge is 1.00 e. The first-order valence-corrected chi connectivity index (χ1v) is 20.3. The Morgan fingerprint density at radius 1 is 0.724 bits per heavy atom. The van der Waals surface area contributed by atoms with E-state index >= 15 is 0 Å². The molecule has 2 N–H and O–H groups in total. The zero-order valence-corrected chi connectivity index (χ0v) is 39.2. The Morgan fingerprint density at radius 3 is 1.98 bits per heavy atom. The fraction of sp³-hybridized carbons (Fsp3) is 0.409. The quantitative estimate of drug-likeness (QED) is 0.0792. The Bertz CT molecular complexity index is 1940. The van der Waals surface area contributed by atoms with Crippen LogP contribution < -0.4 is 87.6 Å². The number of H-pyrrole nitrogens is 1. The molecule has 4 aromatic carbocycles. The van der Waals surface area contributed by atoms with E-state index < -0.39 is 0 Å². The molecule has 3 aliphatic rings. The molecule has 11 nitrogen and oxygen atoms in total. The van der Waals surface area contributed by atoms with E-state index in [-0.39, 0.29) is 61.0 Å². The summed E-state index contributed by atoms with van der Waals surface area (Å²) < 4.78 is 22.3. The van der Waals surface area contributed by atoms with Crippen LogP contribution in [-0.2, 0) is 6.54 Å². The SMILES string of the molecule is BrCCCOc1ccc2cn[nH]c2c1.C.COc1ccccc1N1CCN(CCCOc2ccc3c(c2)CN=C3)CC1.COc1ccccc1N1CCNCC1.[I-].[Na+]. The molecule has 0 spiro atoms. The molecule has 4 heterocycles. The van der Waals surface area contributed by atoms with Crippen LogP contribution in [0.1, 0.15) is 31.4 Å². The number of aliphatic imine (C=N–C) groups is 1. The second-order valence-electron chi connectivity index (χ2n) is 13.5. The van der Waals surface area contributed by atoms with Crippen molar-refractivity contribution in [3.8, 4) is 23.0 Å². The van der Waals surface area contributed by atoms with Gasteiger partial charge in [0, 0.05) is 81.9 Å². The molecule has 0 aliphatic carbocycles. The van der Waals surface area contributed by atoms with Crippen molar-refractivity contribution in [2.75, 3.05) is 101 Å². The molecule has 2 fully saturated rings. The number of benzene rings is 4. The molecule has 5 aromatic rings. The van der Waals surface area contributed by atoms with Crippen molar-refractivity contribution < 1.29 is 72.5 Å². The maximum absolute atomic E-state index is 5.93. The van der Waals surface area contributed by atoms with E-state index in [9.17, 15) is 0 Å². The Hall–Kier alpha value is -3.05. The van der Waals surface area contributed by atoms with Crippen molar-refractivity contribution in [1.82, 2.24) is 20.4 Å². The summed E-state index contributed by atoms with van der Waals surface area (Å²) in [5.41, 5.74) is 5.90. The zero-order chi connectivity index (χ0) is 38.1. The molecule has 0 saturated carbocycles. The van der Waals surface area contributed by atoms with Crippen LogP contribution in [0.15, 0.2) is 96.1 Å². The van der Waals surface area contributed by atoms with Gasteiger partial charge in [-0.1, -0.05) is 47.6 Å². The van der Waals surface area contributed by atoms with Gasteiger partial charge in [0.2, 0.25) is 0 Å². The van der Waals surface area contributed by atoms with Gasteiger partial charge in [-0.05, 0) is 78.6 Å². The average Bonchev–Trinajstić information content (AvgIpc) is 3.93. The third kappa shape index (κ3) is 14.6. The van der Waals surface area contributed by atoms with Crippen molar-refractivity contribution in [1.29, 1.82) is 0 Å². The number of anilines is 2. The van der Waals surface area contributed by atoms with Crippen LogP contribution in [0.25, 0.3) is 10.9 Å². The molecule has 3 aliphatic heterocycles. The second kappa shape index (κ2) is 26.9. The second-order valence-corrected chi connectivity index (χ2v) is 14.2. The van der Waals surface area contributed by atoms with Gasteiger partial charge in [0.15, 0.2) is 0 Å². The van der Waals surface area contributed by atoms with Crippen molar-refractivity contribution >= 4 is 44.4 Å². The van der Waals surface area contributed by atoms with Gasteiger partial charge in [-0.15, -0.1) is 0 Å². The number of hydrogen-bond donors (Lipinski definition) is 2. The molecule has 58 heavy (non-hydrogen) atoms. The normalized spacial score (nSPS) is 14.3. The Balaban J connectivity index is 0.000000247. The molecule has 0 unspecified atom stereocenters. The molecule has 0 bridgehead atoms. The number of fused-ring (bicyclic) bond motifs is 2. The Kier molecular flexibility index (Phi) is 22.9. The minimum absolute atomic E-state index is 0. The maximum atomic E-state index is 5.93. The molecule has 1 aromatic heterocycles. The molecule has 2 saturated heterocycles. The minimum Gasteiger partial charge on any atom is -1.00 e. The summed E-state index contributed by atoms with van der Waals surface area (Å²) >= 11 is 3.36. The number of methoxy groups -OCH3 is 2. The van der Waals surface area contributed by atoms with Crippen LogP contribution in [0.4, 0.5) is 11.4 Å². The van der Waals surface area contributed by atoms with Crippen LogP contribution in [-0.4, -0.2) is 113 Å². The van der Waals surface area contributed by atoms with Crippen molar-refractivity contribution in [2.45, 2.75) is 26.8 Å². The third-order valence-corrected chi connectivity index (χ3v) is 10.4. The van der Waals surface area contributed by atoms with Gasteiger partial charge < -0.3 is 58.0 Å². The minimum atomic E-state index is 0. The van der Waals surface area contributed by atoms with Gasteiger partial charge in [0.05, 0.1) is 57.1 Å². The number of piperazine rings is 2. The molecule has 0 atom stereocenters. The number of nitrogens with one attached hydrogen (secondary N) is 2. The van der Waals surface area contributed by atoms with Crippen LogP contribution >= 0.6 is 15.9 Å². The standard InChI is InChI=1S/C22H27N3O2.C11H16N2O.C10H11BrN2O.CH4.HI.Na/c1-26-22-6-3-2-5-21(22)25-12-10-24(11-13-25)9-4-14-27-20-8-7-18-16-23-17-19(18)15-20;1-14-11-5-3-2-4-10(11)13-8-6-12-7-9-13;11-4-1-5-14-9-3-2-8-7-12-13-10(8)6-9;;;/h2-3,5-8,15-16H,4,9-14,17H2,1H3;2-5,12H,6-9H2,1H3;2-3,6-7H,1,4-5H2,(H,12,13);1H4;1H;/q;;;;;+1/p-1. The van der Waals surface area contributed by atoms with Gasteiger partial charge in [-0.3, -0.25) is 15.0 Å². The number of alkyl halides is 1. The maximum Gasteiger partial charge on any atom is 1.00 e. The third-order valence-electron chi connectivity index (χ3n) is 9.79. The molecular formula is C44H58BrIN7NaO4. The number of para-hydroxylation sites is 4. The molecule has 0 amide bonds. The van der Waals surface area contributed by atoms with Crippen molar-refractivity contribution in [3.05, 3.63) is 102 Å². The van der Waals surface area contributed by atoms with Gasteiger partial charge >= 0.3 is 29.6 Å². The van der Waals surface area contributed by atoms with Gasteiger partial charge in [0.25, 0.3) is 0 Å². The first-order valence-electron chi connectivity index (χ1n) is 19.2. The molecule has 8 rings (SSSR count). The summed E-state index contributed by atoms with van der Waals surface area (Å²) in [6, 6.07) is 28.7. The molecule has 14 heteroatoms. The predicted octanol–water partition coefficient (Wildman–Crippen LogP) is 1.69. The number of aromatic amines is 1. The van der Waals surface area contributed by atoms with E-state index in [1.165, 1.54) is 22.5 Å². The van der Waals surface area contributed by atoms with Gasteiger partial charge in [0.1, 0.15) is 23.0 Å². The topological polar surface area (TPSA) is 99.7 Å². The summed E-state index contributed by atoms with van der Waals surface area (Å²) in [6.07, 6.45) is 5.80. The van der Waals surface area contributed by atoms with Gasteiger partial charge in [-0.25, -0.2) is 0 Å². The van der Waals surface area contributed by atoms with E-state index in [4.69, 9.17) is 18.9 Å². The number of halogens is 2. The summed E-state index contributed by atoms with van der Waals surface area (Å²) in [6.45, 7) is 11.8. The summed E-state index contributed by atoms with van der Waals surface area (Å²) in [4.78, 5) is 11.6. The first kappa shape index (κ1) is 49.3. The number of ether oxygens (including phenoxy) is 4. The monoisotopic (exact) mass is 977 g/mol. The van der Waals surface area contributed by atoms with Crippen molar-refractivity contribution in [3.63, 3.8) is 0 Å². The first-order chi connectivity index (χ1) is 27.1. The van der Waals surface area contributed by atoms with Crippen LogP contribution in [0, 0.1) is 0 Å². The molecule has 0 radical (unpaired) electrons. The fourth-order valence-electron chi connectivity index (χ4n) is 6.81. The summed E-state index contributed by atoms with van der Waals surface area (Å²) in [7, 11) is 3.46. The Morgan fingerprint density at radius 2 is 1.33 bits per heavy atom. The molecule has 308 valence electrons. The largest absolute Gasteiger partial charge is 1.00 e. The van der Waals surface area contributed by atoms with E-state index in [1.54, 1.807) is 20.4 Å². The summed E-state index contributed by atoms with van der Waals surface area (Å²) in [5, 5.41) is 12.3. The zero-order valence-electron chi connectivity index (χ0n) is 33.5.